The second-order valence-electron chi connectivity index (χ2n) is 9.39. The molecule has 2 aromatic rings. The summed E-state index contributed by atoms with van der Waals surface area (Å²) in [5.74, 6) is -0.0210. The molecule has 4 heteroatoms. The largest absolute Gasteiger partial charge is 0.355 e. The summed E-state index contributed by atoms with van der Waals surface area (Å²) < 4.78 is 29.0. The van der Waals surface area contributed by atoms with Gasteiger partial charge in [0.15, 0.2) is 6.71 Å². The van der Waals surface area contributed by atoms with E-state index in [1.807, 2.05) is 13.0 Å². The van der Waals surface area contributed by atoms with Gasteiger partial charge in [0.2, 0.25) is 0 Å². The van der Waals surface area contributed by atoms with Crippen molar-refractivity contribution in [3.05, 3.63) is 65.2 Å². The van der Waals surface area contributed by atoms with E-state index in [4.69, 9.17) is 0 Å². The van der Waals surface area contributed by atoms with Gasteiger partial charge in [-0.3, -0.25) is 0 Å². The third-order valence-corrected chi connectivity index (χ3v) is 6.47. The van der Waals surface area contributed by atoms with E-state index in [0.717, 1.165) is 48.5 Å². The van der Waals surface area contributed by atoms with Crippen LogP contribution in [0, 0.1) is 24.0 Å². The molecule has 1 heterocycles. The standard InChI is InChI=1S/C24H28BF2N/c1-15-21(25-10-9-24(3,4)14-25)12-19(26)13-23(15)28-16(2)20-8-7-18(11-22(20)27)17-5-6-17/h7-8,11-13,17,28H,2,5-6,9-10,14H2,1,3-4H3. The molecule has 28 heavy (non-hydrogen) atoms. The summed E-state index contributed by atoms with van der Waals surface area (Å²) in [5.41, 5.74) is 5.03. The Kier molecular flexibility index (Phi) is 4.85. The Morgan fingerprint density at radius 2 is 1.93 bits per heavy atom. The topological polar surface area (TPSA) is 12.0 Å². The summed E-state index contributed by atoms with van der Waals surface area (Å²) in [6.45, 7) is 11.0. The molecule has 0 bridgehead atoms. The minimum atomic E-state index is -0.270. The van der Waals surface area contributed by atoms with Crippen LogP contribution >= 0.6 is 0 Å². The maximum absolute atomic E-state index is 14.6. The van der Waals surface area contributed by atoms with Gasteiger partial charge in [0, 0.05) is 16.9 Å². The first-order valence-electron chi connectivity index (χ1n) is 10.3. The number of nitrogens with one attached hydrogen (secondary N) is 1. The van der Waals surface area contributed by atoms with Crippen LogP contribution in [0.3, 0.4) is 0 Å². The number of rotatable bonds is 5. The quantitative estimate of drug-likeness (QED) is 0.596. The third kappa shape index (κ3) is 3.87. The van der Waals surface area contributed by atoms with Crippen molar-refractivity contribution in [2.45, 2.75) is 58.6 Å². The van der Waals surface area contributed by atoms with E-state index in [1.165, 1.54) is 6.07 Å². The summed E-state index contributed by atoms with van der Waals surface area (Å²) in [6.07, 6.45) is 5.58. The van der Waals surface area contributed by atoms with E-state index >= 15 is 0 Å². The van der Waals surface area contributed by atoms with Gasteiger partial charge < -0.3 is 5.32 Å². The van der Waals surface area contributed by atoms with Crippen molar-refractivity contribution < 1.29 is 8.78 Å². The molecule has 2 fully saturated rings. The molecule has 1 saturated carbocycles. The van der Waals surface area contributed by atoms with Crippen LogP contribution in [0.2, 0.25) is 12.6 Å². The van der Waals surface area contributed by atoms with E-state index in [9.17, 15) is 8.78 Å². The van der Waals surface area contributed by atoms with Crippen molar-refractivity contribution in [3.63, 3.8) is 0 Å². The average molecular weight is 379 g/mol. The van der Waals surface area contributed by atoms with Gasteiger partial charge in [-0.25, -0.2) is 8.78 Å². The normalized spacial score (nSPS) is 18.4. The van der Waals surface area contributed by atoms with E-state index in [1.54, 1.807) is 18.2 Å². The van der Waals surface area contributed by atoms with Crippen LogP contribution in [0.4, 0.5) is 14.5 Å². The maximum atomic E-state index is 14.6. The van der Waals surface area contributed by atoms with Gasteiger partial charge in [-0.05, 0) is 66.5 Å². The molecule has 1 N–H and O–H groups in total. The van der Waals surface area contributed by atoms with Gasteiger partial charge in [-0.1, -0.05) is 51.0 Å². The summed E-state index contributed by atoms with van der Waals surface area (Å²) in [4.78, 5) is 0. The maximum Gasteiger partial charge on any atom is 0.177 e. The highest BCUT2D eigenvalue weighted by atomic mass is 19.1. The number of anilines is 1. The van der Waals surface area contributed by atoms with Gasteiger partial charge in [-0.2, -0.15) is 0 Å². The lowest BCUT2D eigenvalue weighted by Gasteiger charge is -2.20. The molecule has 1 saturated heterocycles. The first-order valence-corrected chi connectivity index (χ1v) is 10.3. The Hall–Kier alpha value is -2.10. The molecule has 4 rings (SSSR count). The Labute approximate surface area is 167 Å². The van der Waals surface area contributed by atoms with Gasteiger partial charge >= 0.3 is 0 Å². The molecule has 0 atom stereocenters. The van der Waals surface area contributed by atoms with Crippen molar-refractivity contribution in [1.82, 2.24) is 0 Å². The molecule has 0 spiro atoms. The second-order valence-corrected chi connectivity index (χ2v) is 9.39. The molecule has 0 amide bonds. The van der Waals surface area contributed by atoms with Gasteiger partial charge in [0.25, 0.3) is 0 Å². The zero-order chi connectivity index (χ0) is 20.1. The van der Waals surface area contributed by atoms with Crippen molar-refractivity contribution >= 4 is 23.6 Å². The molecule has 0 aromatic heterocycles. The number of halogens is 2. The summed E-state index contributed by atoms with van der Waals surface area (Å²) >= 11 is 0. The van der Waals surface area contributed by atoms with Crippen LogP contribution in [-0.2, 0) is 0 Å². The molecule has 1 aliphatic heterocycles. The van der Waals surface area contributed by atoms with Crippen LogP contribution in [0.15, 0.2) is 36.9 Å². The van der Waals surface area contributed by atoms with E-state index in [-0.39, 0.29) is 11.6 Å². The fourth-order valence-corrected chi connectivity index (χ4v) is 4.63. The molecule has 2 aliphatic rings. The van der Waals surface area contributed by atoms with Crippen LogP contribution in [0.25, 0.3) is 5.70 Å². The molecular weight excluding hydrogens is 351 g/mol. The third-order valence-electron chi connectivity index (χ3n) is 6.47. The predicted octanol–water partition coefficient (Wildman–Crippen LogP) is 6.37. The highest BCUT2D eigenvalue weighted by Gasteiger charge is 2.35. The first-order chi connectivity index (χ1) is 13.2. The minimum absolute atomic E-state index is 0.259. The Bertz CT molecular complexity index is 930. The lowest BCUT2D eigenvalue weighted by atomic mass is 9.42. The SMILES string of the molecule is C=C(Nc1cc(F)cc(B2CCC(C)(C)C2)c1C)c1ccc(C2CC2)cc1F. The van der Waals surface area contributed by atoms with Crippen LogP contribution in [0.1, 0.15) is 55.7 Å². The lowest BCUT2D eigenvalue weighted by molar-refractivity contribution is 0.420. The molecule has 0 radical (unpaired) electrons. The van der Waals surface area contributed by atoms with E-state index < -0.39 is 0 Å². The molecule has 2 aromatic carbocycles. The number of hydrogen-bond acceptors (Lipinski definition) is 1. The van der Waals surface area contributed by atoms with Crippen molar-refractivity contribution in [2.24, 2.45) is 5.41 Å². The zero-order valence-electron chi connectivity index (χ0n) is 17.0. The second kappa shape index (κ2) is 7.06. The van der Waals surface area contributed by atoms with Crippen molar-refractivity contribution in [1.29, 1.82) is 0 Å². The Morgan fingerprint density at radius 3 is 2.54 bits per heavy atom. The summed E-state index contributed by atoms with van der Waals surface area (Å²) in [5, 5.41) is 3.18. The molecule has 0 unspecified atom stereocenters. The lowest BCUT2D eigenvalue weighted by Crippen LogP contribution is -2.31. The van der Waals surface area contributed by atoms with Crippen molar-refractivity contribution in [3.8, 4) is 0 Å². The predicted molar refractivity (Wildman–Crippen MR) is 116 cm³/mol. The summed E-state index contributed by atoms with van der Waals surface area (Å²) in [7, 11) is 0. The average Bonchev–Trinajstić information content (AvgIpc) is 3.41. The fraction of sp³-hybridized carbons (Fsp3) is 0.417. The smallest absolute Gasteiger partial charge is 0.177 e. The van der Waals surface area contributed by atoms with Gasteiger partial charge in [0.1, 0.15) is 11.6 Å². The Morgan fingerprint density at radius 1 is 1.18 bits per heavy atom. The van der Waals surface area contributed by atoms with Gasteiger partial charge in [0.05, 0.1) is 0 Å². The molecule has 1 nitrogen and oxygen atoms in total. The van der Waals surface area contributed by atoms with E-state index in [0.29, 0.717) is 35.0 Å². The fourth-order valence-electron chi connectivity index (χ4n) is 4.63. The number of hydrogen-bond donors (Lipinski definition) is 1. The molecule has 1 aliphatic carbocycles. The van der Waals surface area contributed by atoms with Crippen molar-refractivity contribution in [2.75, 3.05) is 5.32 Å². The minimum Gasteiger partial charge on any atom is -0.355 e. The van der Waals surface area contributed by atoms with E-state index in [2.05, 4.69) is 25.7 Å². The highest BCUT2D eigenvalue weighted by molar-refractivity contribution is 6.74. The monoisotopic (exact) mass is 379 g/mol. The molecular formula is C24H28BF2N. The summed E-state index contributed by atoms with van der Waals surface area (Å²) in [6, 6.07) is 8.53. The number of benzene rings is 2. The molecule has 146 valence electrons. The highest BCUT2D eigenvalue weighted by Crippen LogP contribution is 2.41. The zero-order valence-corrected chi connectivity index (χ0v) is 17.0. The van der Waals surface area contributed by atoms with Crippen LogP contribution < -0.4 is 10.8 Å². The Balaban J connectivity index is 1.58. The van der Waals surface area contributed by atoms with Crippen LogP contribution in [0.5, 0.6) is 0 Å². The van der Waals surface area contributed by atoms with Crippen LogP contribution in [-0.4, -0.2) is 6.71 Å². The first kappa shape index (κ1) is 19.2. The van der Waals surface area contributed by atoms with Gasteiger partial charge in [-0.15, -0.1) is 0 Å².